The molecule has 0 bridgehead atoms. The maximum absolute atomic E-state index is 12.0. The third kappa shape index (κ3) is 6.40. The number of rotatable bonds is 6. The highest BCUT2D eigenvalue weighted by atomic mass is 16.1. The molecule has 5 heteroatoms. The molecule has 0 aromatic heterocycles. The van der Waals surface area contributed by atoms with Crippen LogP contribution in [-0.2, 0) is 0 Å². The van der Waals surface area contributed by atoms with Crippen LogP contribution in [0.3, 0.4) is 0 Å². The zero-order chi connectivity index (χ0) is 18.1. The Labute approximate surface area is 151 Å². The molecule has 0 unspecified atom stereocenters. The Hall–Kier alpha value is -2.04. The van der Waals surface area contributed by atoms with Crippen molar-refractivity contribution in [3.05, 3.63) is 35.9 Å². The summed E-state index contributed by atoms with van der Waals surface area (Å²) in [5.41, 5.74) is 0.690. The van der Waals surface area contributed by atoms with E-state index in [2.05, 4.69) is 34.5 Å². The fraction of sp³-hybridized carbons (Fsp3) is 0.600. The zero-order valence-corrected chi connectivity index (χ0v) is 15.8. The van der Waals surface area contributed by atoms with E-state index in [4.69, 9.17) is 0 Å². The number of guanidine groups is 1. The first-order valence-corrected chi connectivity index (χ1v) is 9.35. The van der Waals surface area contributed by atoms with Crippen LogP contribution in [0.15, 0.2) is 35.3 Å². The summed E-state index contributed by atoms with van der Waals surface area (Å²) < 4.78 is 0. The second-order valence-electron chi connectivity index (χ2n) is 7.10. The van der Waals surface area contributed by atoms with Crippen molar-refractivity contribution in [1.82, 2.24) is 15.5 Å². The highest BCUT2D eigenvalue weighted by Gasteiger charge is 2.20. The molecule has 1 amide bonds. The minimum absolute atomic E-state index is 0.0398. The molecular formula is C20H32N4O. The molecular weight excluding hydrogens is 312 g/mol. The average molecular weight is 345 g/mol. The van der Waals surface area contributed by atoms with Crippen LogP contribution >= 0.6 is 0 Å². The molecule has 138 valence electrons. The van der Waals surface area contributed by atoms with Gasteiger partial charge in [0.15, 0.2) is 5.96 Å². The predicted octanol–water partition coefficient (Wildman–Crippen LogP) is 2.75. The number of hydrogen-bond acceptors (Lipinski definition) is 2. The van der Waals surface area contributed by atoms with Gasteiger partial charge in [-0.3, -0.25) is 9.79 Å². The highest BCUT2D eigenvalue weighted by Crippen LogP contribution is 2.28. The van der Waals surface area contributed by atoms with Crippen LogP contribution in [0.1, 0.15) is 43.0 Å². The number of nitrogens with one attached hydrogen (secondary N) is 2. The van der Waals surface area contributed by atoms with Crippen LogP contribution in [0, 0.1) is 11.8 Å². The van der Waals surface area contributed by atoms with Gasteiger partial charge in [0.2, 0.25) is 0 Å². The molecule has 0 spiro atoms. The van der Waals surface area contributed by atoms with E-state index >= 15 is 0 Å². The van der Waals surface area contributed by atoms with Gasteiger partial charge in [0, 0.05) is 39.3 Å². The van der Waals surface area contributed by atoms with Gasteiger partial charge in [-0.15, -0.1) is 0 Å². The topological polar surface area (TPSA) is 56.7 Å². The quantitative estimate of drug-likeness (QED) is 0.474. The molecule has 0 aliphatic heterocycles. The van der Waals surface area contributed by atoms with Gasteiger partial charge in [-0.05, 0) is 36.8 Å². The van der Waals surface area contributed by atoms with Gasteiger partial charge in [0.05, 0.1) is 0 Å². The van der Waals surface area contributed by atoms with Crippen molar-refractivity contribution >= 4 is 11.9 Å². The predicted molar refractivity (Wildman–Crippen MR) is 104 cm³/mol. The van der Waals surface area contributed by atoms with E-state index in [-0.39, 0.29) is 5.91 Å². The molecule has 5 nitrogen and oxygen atoms in total. The van der Waals surface area contributed by atoms with Crippen molar-refractivity contribution in [3.63, 3.8) is 0 Å². The number of nitrogens with zero attached hydrogens (tertiary/aromatic N) is 2. The normalized spacial score (nSPS) is 20.8. The Morgan fingerprint density at radius 1 is 1.12 bits per heavy atom. The average Bonchev–Trinajstić information content (AvgIpc) is 2.64. The molecule has 1 aliphatic rings. The van der Waals surface area contributed by atoms with Gasteiger partial charge in [-0.25, -0.2) is 0 Å². The first-order valence-electron chi connectivity index (χ1n) is 9.35. The Balaban J connectivity index is 1.68. The molecule has 1 aromatic carbocycles. The second-order valence-corrected chi connectivity index (χ2v) is 7.10. The van der Waals surface area contributed by atoms with Crippen LogP contribution < -0.4 is 10.6 Å². The summed E-state index contributed by atoms with van der Waals surface area (Å²) in [5, 5.41) is 6.26. The second kappa shape index (κ2) is 10.1. The van der Waals surface area contributed by atoms with Crippen molar-refractivity contribution in [2.24, 2.45) is 16.8 Å². The summed E-state index contributed by atoms with van der Waals surface area (Å²) >= 11 is 0. The van der Waals surface area contributed by atoms with Crippen molar-refractivity contribution in [1.29, 1.82) is 0 Å². The lowest BCUT2D eigenvalue weighted by atomic mass is 9.83. The van der Waals surface area contributed by atoms with Gasteiger partial charge >= 0.3 is 0 Å². The molecule has 0 saturated heterocycles. The highest BCUT2D eigenvalue weighted by molar-refractivity contribution is 5.94. The molecule has 1 saturated carbocycles. The van der Waals surface area contributed by atoms with Crippen LogP contribution in [-0.4, -0.2) is 50.5 Å². The molecule has 1 aromatic rings. The lowest BCUT2D eigenvalue weighted by Gasteiger charge is -2.31. The number of carbonyl (C=O) groups is 1. The van der Waals surface area contributed by atoms with Crippen molar-refractivity contribution in [2.45, 2.75) is 32.6 Å². The number of hydrogen-bond donors (Lipinski definition) is 2. The molecule has 2 rings (SSSR count). The van der Waals surface area contributed by atoms with Crippen LogP contribution in [0.25, 0.3) is 0 Å². The van der Waals surface area contributed by atoms with E-state index in [0.29, 0.717) is 18.7 Å². The van der Waals surface area contributed by atoms with Crippen LogP contribution in [0.2, 0.25) is 0 Å². The minimum Gasteiger partial charge on any atom is -0.354 e. The van der Waals surface area contributed by atoms with E-state index < -0.39 is 0 Å². The first kappa shape index (κ1) is 19.3. The van der Waals surface area contributed by atoms with E-state index in [1.165, 1.54) is 25.7 Å². The van der Waals surface area contributed by atoms with E-state index in [9.17, 15) is 4.79 Å². The lowest BCUT2D eigenvalue weighted by molar-refractivity contribution is 0.0954. The monoisotopic (exact) mass is 344 g/mol. The maximum atomic E-state index is 12.0. The van der Waals surface area contributed by atoms with E-state index in [0.717, 1.165) is 24.3 Å². The molecule has 0 radical (unpaired) electrons. The summed E-state index contributed by atoms with van der Waals surface area (Å²) in [6.45, 7) is 4.63. The van der Waals surface area contributed by atoms with E-state index in [1.807, 2.05) is 37.4 Å². The Bertz CT molecular complexity index is 550. The van der Waals surface area contributed by atoms with Gasteiger partial charge in [-0.2, -0.15) is 0 Å². The van der Waals surface area contributed by atoms with Gasteiger partial charge in [-0.1, -0.05) is 38.0 Å². The maximum Gasteiger partial charge on any atom is 0.251 e. The van der Waals surface area contributed by atoms with E-state index in [1.54, 1.807) is 0 Å². The SMILES string of the molecule is CN=C(NCCNC(=O)c1ccccc1)N(C)CC1CCC(C)CC1. The first-order chi connectivity index (χ1) is 12.1. The largest absolute Gasteiger partial charge is 0.354 e. The lowest BCUT2D eigenvalue weighted by Crippen LogP contribution is -2.44. The Morgan fingerprint density at radius 3 is 2.40 bits per heavy atom. The summed E-state index contributed by atoms with van der Waals surface area (Å²) in [6.07, 6.45) is 5.32. The summed E-state index contributed by atoms with van der Waals surface area (Å²) in [7, 11) is 3.90. The molecule has 25 heavy (non-hydrogen) atoms. The van der Waals surface area contributed by atoms with Gasteiger partial charge in [0.1, 0.15) is 0 Å². The summed E-state index contributed by atoms with van der Waals surface area (Å²) in [5.74, 6) is 2.50. The zero-order valence-electron chi connectivity index (χ0n) is 15.8. The molecule has 1 fully saturated rings. The number of carbonyl (C=O) groups excluding carboxylic acids is 1. The van der Waals surface area contributed by atoms with Crippen LogP contribution in [0.4, 0.5) is 0 Å². The fourth-order valence-electron chi connectivity index (χ4n) is 3.41. The van der Waals surface area contributed by atoms with Crippen molar-refractivity contribution < 1.29 is 4.79 Å². The van der Waals surface area contributed by atoms with Crippen LogP contribution in [0.5, 0.6) is 0 Å². The van der Waals surface area contributed by atoms with Gasteiger partial charge in [0.25, 0.3) is 5.91 Å². The summed E-state index contributed by atoms with van der Waals surface area (Å²) in [4.78, 5) is 18.6. The number of benzene rings is 1. The standard InChI is InChI=1S/C20H32N4O/c1-16-9-11-17(12-10-16)15-24(3)20(21-2)23-14-13-22-19(25)18-7-5-4-6-8-18/h4-8,16-17H,9-15H2,1-3H3,(H,21,23)(H,22,25). The summed E-state index contributed by atoms with van der Waals surface area (Å²) in [6, 6.07) is 9.29. The molecule has 0 heterocycles. The third-order valence-corrected chi connectivity index (χ3v) is 4.97. The smallest absolute Gasteiger partial charge is 0.251 e. The fourth-order valence-corrected chi connectivity index (χ4v) is 3.41. The number of amides is 1. The molecule has 2 N–H and O–H groups in total. The Morgan fingerprint density at radius 2 is 1.76 bits per heavy atom. The van der Waals surface area contributed by atoms with Crippen molar-refractivity contribution in [2.75, 3.05) is 33.7 Å². The van der Waals surface area contributed by atoms with Crippen molar-refractivity contribution in [3.8, 4) is 0 Å². The molecule has 0 atom stereocenters. The number of aliphatic imine (C=N–C) groups is 1. The van der Waals surface area contributed by atoms with Gasteiger partial charge < -0.3 is 15.5 Å². The minimum atomic E-state index is -0.0398. The third-order valence-electron chi connectivity index (χ3n) is 4.97. The molecule has 1 aliphatic carbocycles. The Kier molecular flexibility index (Phi) is 7.76.